The third kappa shape index (κ3) is 846. The summed E-state index contributed by atoms with van der Waals surface area (Å²) in [6.07, 6.45) is 0. The second-order valence-corrected chi connectivity index (χ2v) is 0.192. The van der Waals surface area contributed by atoms with Crippen LogP contribution < -0.4 is 10.2 Å². The monoisotopic (exact) mass is 196 g/mol. The molecular formula is C2H2O5Zr. The fourth-order valence-electron chi connectivity index (χ4n) is 0. The molecule has 0 fully saturated rings. The number of hydrogen-bond acceptors (Lipinski definition) is 5. The molecule has 0 bridgehead atoms. The molecule has 0 spiro atoms. The molecule has 44 valence electrons. The maximum atomic E-state index is 8.34. The van der Waals surface area contributed by atoms with Crippen molar-refractivity contribution < 1.29 is 47.3 Å². The van der Waals surface area contributed by atoms with E-state index in [1.807, 2.05) is 0 Å². The van der Waals surface area contributed by atoms with Crippen LogP contribution in [-0.4, -0.2) is 12.9 Å². The minimum atomic E-state index is -0.500. The summed E-state index contributed by atoms with van der Waals surface area (Å²) in [4.78, 5) is 16.5. The predicted molar refractivity (Wildman–Crippen MR) is 12.8 cm³/mol. The van der Waals surface area contributed by atoms with Crippen molar-refractivity contribution in [1.82, 2.24) is 0 Å². The predicted octanol–water partition coefficient (Wildman–Crippen LogP) is -3.39. The van der Waals surface area contributed by atoms with Gasteiger partial charge < -0.3 is 19.8 Å². The summed E-state index contributed by atoms with van der Waals surface area (Å²) in [5.41, 5.74) is 0. The molecule has 0 aliphatic carbocycles. The van der Waals surface area contributed by atoms with Crippen molar-refractivity contribution in [3.8, 4) is 0 Å². The van der Waals surface area contributed by atoms with Crippen molar-refractivity contribution in [3.05, 3.63) is 0 Å². The zero-order chi connectivity index (χ0) is 7.41. The second-order valence-electron chi connectivity index (χ2n) is 0.192. The zero-order valence-electron chi connectivity index (χ0n) is 3.70. The van der Waals surface area contributed by atoms with E-state index in [-0.39, 0.29) is 0 Å². The zero-order valence-corrected chi connectivity index (χ0v) is 6.15. The summed E-state index contributed by atoms with van der Waals surface area (Å²) >= 11 is 0.300. The van der Waals surface area contributed by atoms with Gasteiger partial charge in [-0.3, -0.25) is 0 Å². The number of carbonyl (C=O) groups excluding carboxylic acids is 2. The van der Waals surface area contributed by atoms with Gasteiger partial charge in [-0.15, -0.1) is 0 Å². The molecule has 0 rings (SSSR count). The van der Waals surface area contributed by atoms with Crippen LogP contribution in [0.2, 0.25) is 0 Å². The van der Waals surface area contributed by atoms with E-state index < -0.39 is 12.9 Å². The Hall–Kier alpha value is -0.377. The molecule has 0 aliphatic heterocycles. The third-order valence-electron chi connectivity index (χ3n) is 0. The molecule has 0 heterocycles. The third-order valence-corrected chi connectivity index (χ3v) is 0. The molecule has 0 aromatic heterocycles. The summed E-state index contributed by atoms with van der Waals surface area (Å²) in [5.74, 6) is 0. The Bertz CT molecular complexity index is 39.7. The Balaban J connectivity index is -0.0000000483. The van der Waals surface area contributed by atoms with Gasteiger partial charge in [0.25, 0.3) is 0 Å². The Morgan fingerprint density at radius 2 is 1.00 bits per heavy atom. The van der Waals surface area contributed by atoms with Crippen LogP contribution in [0.4, 0.5) is 0 Å². The van der Waals surface area contributed by atoms with Crippen molar-refractivity contribution in [2.45, 2.75) is 0 Å². The van der Waals surface area contributed by atoms with Crippen molar-refractivity contribution in [2.75, 3.05) is 0 Å². The fourth-order valence-corrected chi connectivity index (χ4v) is 0. The van der Waals surface area contributed by atoms with E-state index in [1.165, 1.54) is 0 Å². The number of rotatable bonds is 0. The Morgan fingerprint density at radius 3 is 1.00 bits per heavy atom. The van der Waals surface area contributed by atoms with Crippen LogP contribution in [0.5, 0.6) is 0 Å². The molecule has 0 aromatic rings. The van der Waals surface area contributed by atoms with Gasteiger partial charge in [-0.05, 0) is 0 Å². The Kier molecular flexibility index (Phi) is 155. The van der Waals surface area contributed by atoms with Gasteiger partial charge >= 0.3 is 27.5 Å². The van der Waals surface area contributed by atoms with Gasteiger partial charge in [-0.1, -0.05) is 0 Å². The van der Waals surface area contributed by atoms with E-state index in [0.29, 0.717) is 24.7 Å². The van der Waals surface area contributed by atoms with E-state index in [1.54, 1.807) is 0 Å². The number of carbonyl (C=O) groups is 2. The van der Waals surface area contributed by atoms with Gasteiger partial charge in [0.05, 0.1) is 0 Å². The first-order valence-corrected chi connectivity index (χ1v) is 2.15. The van der Waals surface area contributed by atoms with E-state index in [0.717, 1.165) is 0 Å². The molecule has 0 amide bonds. The van der Waals surface area contributed by atoms with Crippen molar-refractivity contribution >= 4 is 12.9 Å². The van der Waals surface area contributed by atoms with Crippen LogP contribution in [0.25, 0.3) is 0 Å². The normalized spacial score (nSPS) is 3.75. The first-order chi connectivity index (χ1) is 3.83. The van der Waals surface area contributed by atoms with Crippen LogP contribution in [0.15, 0.2) is 0 Å². The van der Waals surface area contributed by atoms with Gasteiger partial charge in [-0.2, -0.15) is 0 Å². The average molecular weight is 197 g/mol. The SMILES string of the molecule is O=C[O-].O=C[O-].[O]=[Zr+2]. The Labute approximate surface area is 60.6 Å². The summed E-state index contributed by atoms with van der Waals surface area (Å²) < 4.78 is 8.34. The average Bonchev–Trinajstić information content (AvgIpc) is 1.75. The van der Waals surface area contributed by atoms with E-state index >= 15 is 0 Å². The molecule has 0 N–H and O–H groups in total. The molecule has 6 heteroatoms. The first-order valence-electron chi connectivity index (χ1n) is 1.15. The van der Waals surface area contributed by atoms with Gasteiger partial charge in [0.15, 0.2) is 0 Å². The molecule has 5 nitrogen and oxygen atoms in total. The molecule has 0 aliphatic rings. The topological polar surface area (TPSA) is 97.3 Å². The van der Waals surface area contributed by atoms with Crippen molar-refractivity contribution in [3.63, 3.8) is 0 Å². The Morgan fingerprint density at radius 1 is 1.00 bits per heavy atom. The van der Waals surface area contributed by atoms with E-state index in [9.17, 15) is 0 Å². The molecule has 8 heavy (non-hydrogen) atoms. The van der Waals surface area contributed by atoms with Gasteiger partial charge in [0, 0.05) is 12.9 Å². The maximum absolute atomic E-state index is 8.34. The molecule has 0 aromatic carbocycles. The van der Waals surface area contributed by atoms with Gasteiger partial charge in [-0.25, -0.2) is 0 Å². The van der Waals surface area contributed by atoms with Crippen LogP contribution in [0.1, 0.15) is 0 Å². The summed E-state index contributed by atoms with van der Waals surface area (Å²) in [7, 11) is 0. The first kappa shape index (κ1) is 15.6. The van der Waals surface area contributed by atoms with Gasteiger partial charge in [0.1, 0.15) is 0 Å². The van der Waals surface area contributed by atoms with Crippen molar-refractivity contribution in [1.29, 1.82) is 0 Å². The van der Waals surface area contributed by atoms with Crippen LogP contribution >= 0.6 is 0 Å². The quantitative estimate of drug-likeness (QED) is 0.377. The molecule has 0 unspecified atom stereocenters. The fraction of sp³-hybridized carbons (Fsp3) is 0. The second kappa shape index (κ2) is 79.5. The minimum absolute atomic E-state index is 0.300. The molecule has 0 saturated carbocycles. The molecule has 0 atom stereocenters. The molecule has 0 saturated heterocycles. The standard InChI is InChI=1S/2CH2O2.O.Zr/c2*2-1-3;;/h2*1H,(H,2,3);;/q;;;+2/p-2. The van der Waals surface area contributed by atoms with Crippen LogP contribution in [0.3, 0.4) is 0 Å². The molecular weight excluding hydrogens is 195 g/mol. The van der Waals surface area contributed by atoms with E-state index in [4.69, 9.17) is 22.6 Å². The summed E-state index contributed by atoms with van der Waals surface area (Å²) in [6.45, 7) is -1.00. The number of carboxylic acid groups (broad SMARTS) is 2. The molecule has 0 radical (unpaired) electrons. The van der Waals surface area contributed by atoms with Crippen LogP contribution in [0, 0.1) is 0 Å². The summed E-state index contributed by atoms with van der Waals surface area (Å²) in [6, 6.07) is 0. The summed E-state index contributed by atoms with van der Waals surface area (Å²) in [5, 5.41) is 16.5. The number of hydrogen-bond donors (Lipinski definition) is 0. The van der Waals surface area contributed by atoms with Crippen LogP contribution in [-0.2, 0) is 37.1 Å². The van der Waals surface area contributed by atoms with E-state index in [2.05, 4.69) is 0 Å². The van der Waals surface area contributed by atoms with Crippen molar-refractivity contribution in [2.24, 2.45) is 0 Å². The van der Waals surface area contributed by atoms with Gasteiger partial charge in [0.2, 0.25) is 0 Å².